The fraction of sp³-hybridized carbons (Fsp3) is 0.192. The molecule has 0 aromatic heterocycles. The standard InChI is InChI=1S/C26H22FN3O4/c27-21-9-3-18(4-10-21)14-30-23(15-31)25(34-16-24(30)32)19-7-11-22(12-8-19)29-26(33)20-5-1-17(13-28)2-6-20/h1-12,23,25,31H,14-16H2,(H,29,33)/t23-,25-/m1/s1. The summed E-state index contributed by atoms with van der Waals surface area (Å²) in [6.07, 6.45) is -0.563. The topological polar surface area (TPSA) is 103 Å². The van der Waals surface area contributed by atoms with E-state index in [1.807, 2.05) is 6.07 Å². The van der Waals surface area contributed by atoms with Gasteiger partial charge in [-0.1, -0.05) is 24.3 Å². The highest BCUT2D eigenvalue weighted by molar-refractivity contribution is 6.04. The van der Waals surface area contributed by atoms with Crippen molar-refractivity contribution in [1.82, 2.24) is 4.90 Å². The smallest absolute Gasteiger partial charge is 0.255 e. The summed E-state index contributed by atoms with van der Waals surface area (Å²) in [5.74, 6) is -0.929. The number of benzene rings is 3. The van der Waals surface area contributed by atoms with Crippen LogP contribution in [-0.2, 0) is 16.1 Å². The molecule has 3 aromatic rings. The molecule has 34 heavy (non-hydrogen) atoms. The number of nitrogens with one attached hydrogen (secondary N) is 1. The molecule has 1 heterocycles. The number of nitrogens with zero attached hydrogens (tertiary/aromatic N) is 2. The van der Waals surface area contributed by atoms with Gasteiger partial charge >= 0.3 is 0 Å². The van der Waals surface area contributed by atoms with Gasteiger partial charge in [-0.05, 0) is 59.7 Å². The van der Waals surface area contributed by atoms with Gasteiger partial charge in [0.05, 0.1) is 24.3 Å². The third-order valence-corrected chi connectivity index (χ3v) is 5.68. The van der Waals surface area contributed by atoms with Gasteiger partial charge in [0, 0.05) is 17.8 Å². The number of anilines is 1. The van der Waals surface area contributed by atoms with Gasteiger partial charge < -0.3 is 20.1 Å². The number of aliphatic hydroxyl groups excluding tert-OH is 1. The largest absolute Gasteiger partial charge is 0.394 e. The Morgan fingerprint density at radius 2 is 1.76 bits per heavy atom. The van der Waals surface area contributed by atoms with Crippen LogP contribution in [0.15, 0.2) is 72.8 Å². The molecule has 1 saturated heterocycles. The minimum atomic E-state index is -0.620. The molecule has 0 saturated carbocycles. The predicted molar refractivity (Wildman–Crippen MR) is 122 cm³/mol. The molecule has 0 radical (unpaired) electrons. The SMILES string of the molecule is N#Cc1ccc(C(=O)Nc2ccc([C@H]3OCC(=O)N(Cc4ccc(F)cc4)[C@@H]3CO)cc2)cc1. The van der Waals surface area contributed by atoms with Gasteiger partial charge in [-0.15, -0.1) is 0 Å². The number of ether oxygens (including phenoxy) is 1. The summed E-state index contributed by atoms with van der Waals surface area (Å²) in [5.41, 5.74) is 2.95. The van der Waals surface area contributed by atoms with Crippen LogP contribution in [0, 0.1) is 17.1 Å². The Bertz CT molecular complexity index is 1200. The summed E-state index contributed by atoms with van der Waals surface area (Å²) in [6.45, 7) is -0.225. The molecular weight excluding hydrogens is 437 g/mol. The minimum Gasteiger partial charge on any atom is -0.394 e. The van der Waals surface area contributed by atoms with Crippen molar-refractivity contribution in [2.24, 2.45) is 0 Å². The summed E-state index contributed by atoms with van der Waals surface area (Å²) in [7, 11) is 0. The molecule has 0 unspecified atom stereocenters. The molecule has 3 aromatic carbocycles. The number of nitriles is 1. The van der Waals surface area contributed by atoms with Crippen molar-refractivity contribution in [1.29, 1.82) is 5.26 Å². The van der Waals surface area contributed by atoms with Crippen LogP contribution in [0.5, 0.6) is 0 Å². The van der Waals surface area contributed by atoms with Crippen LogP contribution in [0.2, 0.25) is 0 Å². The first-order valence-electron chi connectivity index (χ1n) is 10.7. The number of rotatable bonds is 6. The molecule has 172 valence electrons. The van der Waals surface area contributed by atoms with Gasteiger partial charge in [-0.2, -0.15) is 5.26 Å². The normalized spacial score (nSPS) is 17.8. The molecule has 1 aliphatic heterocycles. The summed E-state index contributed by atoms with van der Waals surface area (Å²) >= 11 is 0. The zero-order chi connectivity index (χ0) is 24.1. The Hall–Kier alpha value is -4.06. The first-order chi connectivity index (χ1) is 16.5. The second-order valence-corrected chi connectivity index (χ2v) is 7.89. The van der Waals surface area contributed by atoms with Crippen molar-refractivity contribution in [2.75, 3.05) is 18.5 Å². The summed E-state index contributed by atoms with van der Waals surface area (Å²) in [4.78, 5) is 26.5. The average Bonchev–Trinajstić information content (AvgIpc) is 2.87. The second kappa shape index (κ2) is 10.3. The van der Waals surface area contributed by atoms with Crippen LogP contribution in [0.25, 0.3) is 0 Å². The number of hydrogen-bond donors (Lipinski definition) is 2. The second-order valence-electron chi connectivity index (χ2n) is 7.89. The number of halogens is 1. The molecule has 2 N–H and O–H groups in total. The molecule has 1 aliphatic rings. The fourth-order valence-corrected chi connectivity index (χ4v) is 3.86. The minimum absolute atomic E-state index is 0.139. The Morgan fingerprint density at radius 1 is 1.09 bits per heavy atom. The van der Waals surface area contributed by atoms with E-state index in [1.165, 1.54) is 12.1 Å². The van der Waals surface area contributed by atoms with Crippen molar-refractivity contribution in [3.05, 3.63) is 101 Å². The lowest BCUT2D eigenvalue weighted by Crippen LogP contribution is -2.52. The molecule has 0 spiro atoms. The zero-order valence-electron chi connectivity index (χ0n) is 18.1. The Kier molecular flexibility index (Phi) is 6.97. The van der Waals surface area contributed by atoms with E-state index in [1.54, 1.807) is 65.6 Å². The monoisotopic (exact) mass is 459 g/mol. The number of carbonyl (C=O) groups is 2. The van der Waals surface area contributed by atoms with Gasteiger partial charge in [-0.25, -0.2) is 4.39 Å². The van der Waals surface area contributed by atoms with Crippen LogP contribution < -0.4 is 5.32 Å². The molecule has 7 nitrogen and oxygen atoms in total. The van der Waals surface area contributed by atoms with Gasteiger partial charge in [0.25, 0.3) is 5.91 Å². The molecule has 8 heteroatoms. The van der Waals surface area contributed by atoms with Crippen LogP contribution in [0.4, 0.5) is 10.1 Å². The van der Waals surface area contributed by atoms with E-state index in [9.17, 15) is 19.1 Å². The maximum atomic E-state index is 13.2. The van der Waals surface area contributed by atoms with E-state index >= 15 is 0 Å². The van der Waals surface area contributed by atoms with E-state index in [0.717, 1.165) is 11.1 Å². The van der Waals surface area contributed by atoms with Gasteiger partial charge in [-0.3, -0.25) is 9.59 Å². The highest BCUT2D eigenvalue weighted by Crippen LogP contribution is 2.31. The molecule has 1 fully saturated rings. The zero-order valence-corrected chi connectivity index (χ0v) is 18.1. The lowest BCUT2D eigenvalue weighted by atomic mass is 9.98. The lowest BCUT2D eigenvalue weighted by molar-refractivity contribution is -0.162. The molecule has 0 aliphatic carbocycles. The molecule has 2 amide bonds. The summed E-state index contributed by atoms with van der Waals surface area (Å²) in [5, 5.41) is 21.7. The molecular formula is C26H22FN3O4. The first-order valence-corrected chi connectivity index (χ1v) is 10.7. The third-order valence-electron chi connectivity index (χ3n) is 5.68. The third kappa shape index (κ3) is 5.12. The first kappa shape index (κ1) is 23.1. The van der Waals surface area contributed by atoms with Crippen molar-refractivity contribution >= 4 is 17.5 Å². The van der Waals surface area contributed by atoms with E-state index in [2.05, 4.69) is 5.32 Å². The van der Waals surface area contributed by atoms with E-state index in [-0.39, 0.29) is 37.4 Å². The number of morpholine rings is 1. The van der Waals surface area contributed by atoms with Gasteiger partial charge in [0.2, 0.25) is 5.91 Å². The maximum Gasteiger partial charge on any atom is 0.255 e. The van der Waals surface area contributed by atoms with Crippen LogP contribution in [0.1, 0.15) is 33.2 Å². The lowest BCUT2D eigenvalue weighted by Gasteiger charge is -2.40. The molecule has 4 rings (SSSR count). The van der Waals surface area contributed by atoms with Crippen molar-refractivity contribution < 1.29 is 23.8 Å². The average molecular weight is 459 g/mol. The summed E-state index contributed by atoms with van der Waals surface area (Å²) in [6, 6.07) is 20.5. The van der Waals surface area contributed by atoms with Crippen molar-refractivity contribution in [3.63, 3.8) is 0 Å². The molecule has 0 bridgehead atoms. The maximum absolute atomic E-state index is 13.2. The van der Waals surface area contributed by atoms with Crippen molar-refractivity contribution in [2.45, 2.75) is 18.7 Å². The van der Waals surface area contributed by atoms with E-state index in [0.29, 0.717) is 16.8 Å². The number of aliphatic hydroxyl groups is 1. The molecule has 2 atom stereocenters. The van der Waals surface area contributed by atoms with E-state index in [4.69, 9.17) is 10.00 Å². The summed E-state index contributed by atoms with van der Waals surface area (Å²) < 4.78 is 19.0. The van der Waals surface area contributed by atoms with Gasteiger partial charge in [0.1, 0.15) is 18.5 Å². The number of hydrogen-bond acceptors (Lipinski definition) is 5. The quantitative estimate of drug-likeness (QED) is 0.588. The Labute approximate surface area is 196 Å². The highest BCUT2D eigenvalue weighted by atomic mass is 19.1. The highest BCUT2D eigenvalue weighted by Gasteiger charge is 2.37. The van der Waals surface area contributed by atoms with Gasteiger partial charge in [0.15, 0.2) is 0 Å². The van der Waals surface area contributed by atoms with Crippen LogP contribution in [-0.4, -0.2) is 41.1 Å². The predicted octanol–water partition coefficient (Wildman–Crippen LogP) is 3.41. The number of amides is 2. The van der Waals surface area contributed by atoms with E-state index < -0.39 is 12.1 Å². The Morgan fingerprint density at radius 3 is 2.38 bits per heavy atom. The van der Waals surface area contributed by atoms with Crippen LogP contribution >= 0.6 is 0 Å². The Balaban J connectivity index is 1.47. The van der Waals surface area contributed by atoms with Crippen molar-refractivity contribution in [3.8, 4) is 6.07 Å². The number of carbonyl (C=O) groups excluding carboxylic acids is 2. The van der Waals surface area contributed by atoms with Crippen LogP contribution in [0.3, 0.4) is 0 Å². The fourth-order valence-electron chi connectivity index (χ4n) is 3.86.